The van der Waals surface area contributed by atoms with Crippen LogP contribution in [0.1, 0.15) is 23.0 Å². The fourth-order valence-electron chi connectivity index (χ4n) is 3.24. The highest BCUT2D eigenvalue weighted by molar-refractivity contribution is 7.92. The van der Waals surface area contributed by atoms with Crippen molar-refractivity contribution in [1.29, 1.82) is 0 Å². The molecule has 0 spiro atoms. The van der Waals surface area contributed by atoms with Crippen LogP contribution in [0.2, 0.25) is 0 Å². The molecule has 2 aromatic carbocycles. The number of hydrogen-bond donors (Lipinski definition) is 0. The molecule has 8 heteroatoms. The fraction of sp³-hybridized carbons (Fsp3) is 0.136. The summed E-state index contributed by atoms with van der Waals surface area (Å²) in [5.41, 5.74) is 3.35. The molecule has 0 atom stereocenters. The number of carbonyl (C=O) groups is 1. The molecule has 0 aliphatic rings. The summed E-state index contributed by atoms with van der Waals surface area (Å²) in [7, 11) is -1.84. The molecule has 0 bridgehead atoms. The number of anilines is 1. The number of rotatable bonds is 6. The van der Waals surface area contributed by atoms with Gasteiger partial charge < -0.3 is 0 Å². The Kier molecular flexibility index (Phi) is 5.09. The Morgan fingerprint density at radius 2 is 1.80 bits per heavy atom. The van der Waals surface area contributed by atoms with Crippen LogP contribution >= 0.6 is 0 Å². The van der Waals surface area contributed by atoms with Crippen LogP contribution in [0.3, 0.4) is 0 Å². The number of ketones is 1. The van der Waals surface area contributed by atoms with E-state index in [-0.39, 0.29) is 17.2 Å². The lowest BCUT2D eigenvalue weighted by molar-refractivity contribution is 0.103. The van der Waals surface area contributed by atoms with Gasteiger partial charge in [0.1, 0.15) is 6.33 Å². The van der Waals surface area contributed by atoms with Crippen molar-refractivity contribution in [2.45, 2.75) is 6.92 Å². The summed E-state index contributed by atoms with van der Waals surface area (Å²) >= 11 is 0. The van der Waals surface area contributed by atoms with Crippen LogP contribution < -0.4 is 4.31 Å². The average Bonchev–Trinajstić information content (AvgIpc) is 3.23. The summed E-state index contributed by atoms with van der Waals surface area (Å²) in [6, 6.07) is 18.0. The molecule has 0 aliphatic heterocycles. The third-order valence-electron chi connectivity index (χ3n) is 4.97. The monoisotopic (exact) mass is 420 g/mol. The van der Waals surface area contributed by atoms with Gasteiger partial charge in [-0.25, -0.2) is 18.4 Å². The zero-order chi connectivity index (χ0) is 21.3. The number of imidazole rings is 1. The van der Waals surface area contributed by atoms with Crippen molar-refractivity contribution in [3.63, 3.8) is 0 Å². The highest BCUT2D eigenvalue weighted by Crippen LogP contribution is 2.27. The predicted molar refractivity (Wildman–Crippen MR) is 116 cm³/mol. The van der Waals surface area contributed by atoms with Crippen molar-refractivity contribution in [3.8, 4) is 11.3 Å². The second-order valence-corrected chi connectivity index (χ2v) is 9.02. The van der Waals surface area contributed by atoms with Crippen molar-refractivity contribution in [3.05, 3.63) is 84.4 Å². The van der Waals surface area contributed by atoms with Crippen LogP contribution in [-0.4, -0.2) is 41.4 Å². The third kappa shape index (κ3) is 3.46. The molecule has 2 heterocycles. The van der Waals surface area contributed by atoms with E-state index in [0.717, 1.165) is 11.3 Å². The van der Waals surface area contributed by atoms with E-state index in [1.165, 1.54) is 11.4 Å². The average molecular weight is 420 g/mol. The zero-order valence-electron chi connectivity index (χ0n) is 16.6. The van der Waals surface area contributed by atoms with Crippen molar-refractivity contribution in [2.75, 3.05) is 17.1 Å². The molecule has 2 aromatic heterocycles. The molecule has 0 aliphatic carbocycles. The molecule has 0 N–H and O–H groups in total. The standard InChI is InChI=1S/C22H20N4O3S/c1-3-30(28,29)25(2)18-11-7-10-17(14-18)19-12-13-23-22-20(24-15-26(19)22)21(27)16-8-5-4-6-9-16/h4-15H,3H2,1-2H3. The molecule has 152 valence electrons. The number of hydrogen-bond acceptors (Lipinski definition) is 5. The first-order valence-corrected chi connectivity index (χ1v) is 11.0. The van der Waals surface area contributed by atoms with E-state index in [2.05, 4.69) is 9.97 Å². The molecule has 0 fully saturated rings. The first kappa shape index (κ1) is 19.8. The van der Waals surface area contributed by atoms with E-state index < -0.39 is 10.0 Å². The minimum absolute atomic E-state index is 0.0136. The van der Waals surface area contributed by atoms with Crippen molar-refractivity contribution >= 4 is 27.1 Å². The molecule has 7 nitrogen and oxygen atoms in total. The topological polar surface area (TPSA) is 84.6 Å². The Balaban J connectivity index is 1.79. The highest BCUT2D eigenvalue weighted by Gasteiger charge is 2.19. The third-order valence-corrected chi connectivity index (χ3v) is 6.74. The van der Waals surface area contributed by atoms with Crippen molar-refractivity contribution < 1.29 is 13.2 Å². The van der Waals surface area contributed by atoms with E-state index in [0.29, 0.717) is 16.9 Å². The maximum absolute atomic E-state index is 12.9. The van der Waals surface area contributed by atoms with Crippen LogP contribution in [0.5, 0.6) is 0 Å². The molecule has 0 saturated heterocycles. The number of carbonyl (C=O) groups excluding carboxylic acids is 1. The molecule has 4 aromatic rings. The smallest absolute Gasteiger partial charge is 0.234 e. The van der Waals surface area contributed by atoms with E-state index in [1.54, 1.807) is 72.4 Å². The van der Waals surface area contributed by atoms with Gasteiger partial charge in [0.25, 0.3) is 0 Å². The lowest BCUT2D eigenvalue weighted by Crippen LogP contribution is -2.27. The van der Waals surface area contributed by atoms with E-state index >= 15 is 0 Å². The molecular formula is C22H20N4O3S. The quantitative estimate of drug-likeness (QED) is 0.446. The number of aromatic nitrogens is 3. The van der Waals surface area contributed by atoms with Crippen LogP contribution in [0.4, 0.5) is 5.69 Å². The first-order chi connectivity index (χ1) is 14.4. The fourth-order valence-corrected chi connectivity index (χ4v) is 4.06. The predicted octanol–water partition coefficient (Wildman–Crippen LogP) is 3.41. The number of fused-ring (bicyclic) bond motifs is 1. The molecule has 4 rings (SSSR count). The maximum Gasteiger partial charge on any atom is 0.234 e. The number of sulfonamides is 1. The Hall–Kier alpha value is -3.52. The van der Waals surface area contributed by atoms with Gasteiger partial charge in [-0.2, -0.15) is 0 Å². The number of nitrogens with zero attached hydrogens (tertiary/aromatic N) is 4. The summed E-state index contributed by atoms with van der Waals surface area (Å²) in [5.74, 6) is -0.190. The summed E-state index contributed by atoms with van der Waals surface area (Å²) in [4.78, 5) is 21.5. The van der Waals surface area contributed by atoms with Crippen molar-refractivity contribution in [1.82, 2.24) is 14.4 Å². The molecule has 0 amide bonds. The van der Waals surface area contributed by atoms with Crippen LogP contribution in [0, 0.1) is 0 Å². The van der Waals surface area contributed by atoms with E-state index in [4.69, 9.17) is 0 Å². The minimum Gasteiger partial charge on any atom is -0.287 e. The summed E-state index contributed by atoms with van der Waals surface area (Å²) in [5, 5.41) is 0. The molecule has 0 unspecified atom stereocenters. The number of benzene rings is 2. The van der Waals surface area contributed by atoms with Gasteiger partial charge in [-0.15, -0.1) is 0 Å². The summed E-state index contributed by atoms with van der Waals surface area (Å²) in [6.07, 6.45) is 3.18. The normalized spacial score (nSPS) is 11.5. The zero-order valence-corrected chi connectivity index (χ0v) is 17.4. The molecule has 0 radical (unpaired) electrons. The maximum atomic E-state index is 12.9. The van der Waals surface area contributed by atoms with Gasteiger partial charge in [-0.3, -0.25) is 13.5 Å². The minimum atomic E-state index is -3.37. The second-order valence-electron chi connectivity index (χ2n) is 6.73. The van der Waals surface area contributed by atoms with E-state index in [9.17, 15) is 13.2 Å². The van der Waals surface area contributed by atoms with Gasteiger partial charge >= 0.3 is 0 Å². The SMILES string of the molecule is CCS(=O)(=O)N(C)c1cccc(-c2ccnc3c(C(=O)c4ccccc4)ncn23)c1. The van der Waals surface area contributed by atoms with Crippen LogP contribution in [0.15, 0.2) is 73.2 Å². The van der Waals surface area contributed by atoms with Gasteiger partial charge in [0, 0.05) is 24.4 Å². The lowest BCUT2D eigenvalue weighted by Gasteiger charge is -2.19. The van der Waals surface area contributed by atoms with E-state index in [1.807, 2.05) is 12.1 Å². The molecular weight excluding hydrogens is 400 g/mol. The van der Waals surface area contributed by atoms with Gasteiger partial charge in [-0.05, 0) is 25.1 Å². The molecule has 30 heavy (non-hydrogen) atoms. The van der Waals surface area contributed by atoms with Crippen LogP contribution in [0.25, 0.3) is 16.9 Å². The van der Waals surface area contributed by atoms with Crippen molar-refractivity contribution in [2.24, 2.45) is 0 Å². The summed E-state index contributed by atoms with van der Waals surface area (Å²) < 4.78 is 27.5. The lowest BCUT2D eigenvalue weighted by atomic mass is 10.1. The van der Waals surface area contributed by atoms with Crippen LogP contribution in [-0.2, 0) is 10.0 Å². The molecule has 0 saturated carbocycles. The Bertz CT molecular complexity index is 1330. The van der Waals surface area contributed by atoms with Gasteiger partial charge in [0.15, 0.2) is 11.3 Å². The Morgan fingerprint density at radius 1 is 1.03 bits per heavy atom. The second kappa shape index (κ2) is 7.72. The summed E-state index contributed by atoms with van der Waals surface area (Å²) in [6.45, 7) is 1.61. The largest absolute Gasteiger partial charge is 0.287 e. The Morgan fingerprint density at radius 3 is 2.53 bits per heavy atom. The van der Waals surface area contributed by atoms with Gasteiger partial charge in [0.2, 0.25) is 15.8 Å². The first-order valence-electron chi connectivity index (χ1n) is 9.41. The van der Waals surface area contributed by atoms with Gasteiger partial charge in [-0.1, -0.05) is 42.5 Å². The van der Waals surface area contributed by atoms with Gasteiger partial charge in [0.05, 0.1) is 17.1 Å². The Labute approximate surface area is 174 Å². The highest BCUT2D eigenvalue weighted by atomic mass is 32.2.